The van der Waals surface area contributed by atoms with E-state index in [0.717, 1.165) is 11.8 Å². The van der Waals surface area contributed by atoms with Crippen LogP contribution < -0.4 is 0 Å². The largest absolute Gasteiger partial charge is 0.470 e. The zero-order chi connectivity index (χ0) is 13.7. The minimum absolute atomic E-state index is 0.0833. The Morgan fingerprint density at radius 2 is 2.16 bits per heavy atom. The van der Waals surface area contributed by atoms with Crippen molar-refractivity contribution in [1.29, 1.82) is 0 Å². The van der Waals surface area contributed by atoms with Gasteiger partial charge in [-0.25, -0.2) is 4.99 Å². The first-order chi connectivity index (χ1) is 9.28. The van der Waals surface area contributed by atoms with Gasteiger partial charge in [-0.1, -0.05) is 12.1 Å². The maximum atomic E-state index is 10.6. The second kappa shape index (κ2) is 6.73. The summed E-state index contributed by atoms with van der Waals surface area (Å²) in [4.78, 5) is 16.2. The molecule has 0 amide bonds. The van der Waals surface area contributed by atoms with Crippen molar-refractivity contribution in [3.63, 3.8) is 0 Å². The quantitative estimate of drug-likeness (QED) is 0.593. The SMILES string of the molecule is COC[C@@H]1N=C(CC=O)O[C@H]1c1ccc(SC)cc1. The lowest BCUT2D eigenvalue weighted by Crippen LogP contribution is -2.19. The fourth-order valence-electron chi connectivity index (χ4n) is 2.06. The van der Waals surface area contributed by atoms with Crippen LogP contribution >= 0.6 is 11.8 Å². The smallest absolute Gasteiger partial charge is 0.191 e. The minimum atomic E-state index is -0.161. The van der Waals surface area contributed by atoms with E-state index in [2.05, 4.69) is 17.1 Å². The molecule has 102 valence electrons. The van der Waals surface area contributed by atoms with Crippen LogP contribution in [-0.4, -0.2) is 38.2 Å². The van der Waals surface area contributed by atoms with E-state index in [0.29, 0.717) is 12.5 Å². The van der Waals surface area contributed by atoms with Gasteiger partial charge in [0.2, 0.25) is 0 Å². The molecule has 0 aliphatic carbocycles. The Kier molecular flexibility index (Phi) is 4.99. The average Bonchev–Trinajstić information content (AvgIpc) is 2.83. The summed E-state index contributed by atoms with van der Waals surface area (Å²) in [6.45, 7) is 0.483. The number of hydrogen-bond acceptors (Lipinski definition) is 5. The van der Waals surface area contributed by atoms with Crippen molar-refractivity contribution in [3.8, 4) is 0 Å². The molecule has 2 rings (SSSR count). The van der Waals surface area contributed by atoms with Gasteiger partial charge in [0.15, 0.2) is 5.90 Å². The van der Waals surface area contributed by atoms with E-state index in [1.54, 1.807) is 18.9 Å². The van der Waals surface area contributed by atoms with Crippen molar-refractivity contribution >= 4 is 23.9 Å². The highest BCUT2D eigenvalue weighted by molar-refractivity contribution is 7.98. The molecule has 0 aromatic heterocycles. The second-order valence-electron chi connectivity index (χ2n) is 4.23. The number of nitrogens with zero attached hydrogens (tertiary/aromatic N) is 1. The number of carbonyl (C=O) groups is 1. The summed E-state index contributed by atoms with van der Waals surface area (Å²) in [5.41, 5.74) is 1.06. The van der Waals surface area contributed by atoms with Gasteiger partial charge in [0.05, 0.1) is 13.0 Å². The van der Waals surface area contributed by atoms with Gasteiger partial charge in [-0.2, -0.15) is 0 Å². The molecule has 2 atom stereocenters. The first-order valence-electron chi connectivity index (χ1n) is 6.08. The molecule has 0 saturated heterocycles. The number of rotatable bonds is 6. The monoisotopic (exact) mass is 279 g/mol. The summed E-state index contributed by atoms with van der Waals surface area (Å²) < 4.78 is 10.9. The maximum Gasteiger partial charge on any atom is 0.191 e. The Hall–Kier alpha value is -1.33. The molecule has 1 aromatic carbocycles. The topological polar surface area (TPSA) is 47.9 Å². The number of hydrogen-bond donors (Lipinski definition) is 0. The molecule has 0 saturated carbocycles. The molecule has 0 bridgehead atoms. The van der Waals surface area contributed by atoms with Gasteiger partial charge < -0.3 is 14.3 Å². The lowest BCUT2D eigenvalue weighted by atomic mass is 10.0. The lowest BCUT2D eigenvalue weighted by Gasteiger charge is -2.17. The van der Waals surface area contributed by atoms with Crippen LogP contribution in [0.5, 0.6) is 0 Å². The van der Waals surface area contributed by atoms with E-state index in [1.807, 2.05) is 18.4 Å². The van der Waals surface area contributed by atoms with Gasteiger partial charge in [-0.15, -0.1) is 11.8 Å². The molecule has 1 heterocycles. The standard InChI is InChI=1S/C14H17NO3S/c1-17-9-12-14(18-13(15-12)7-8-16)10-3-5-11(19-2)6-4-10/h3-6,8,12,14H,7,9H2,1-2H3/t12-,14-/m0/s1. The summed E-state index contributed by atoms with van der Waals surface area (Å²) in [6, 6.07) is 8.12. The van der Waals surface area contributed by atoms with Gasteiger partial charge in [0, 0.05) is 12.0 Å². The van der Waals surface area contributed by atoms with Crippen molar-refractivity contribution in [2.45, 2.75) is 23.5 Å². The fourth-order valence-corrected chi connectivity index (χ4v) is 2.47. The molecule has 0 unspecified atom stereocenters. The first kappa shape index (κ1) is 14.1. The van der Waals surface area contributed by atoms with Crippen LogP contribution in [0.25, 0.3) is 0 Å². The molecule has 0 fully saturated rings. The van der Waals surface area contributed by atoms with E-state index < -0.39 is 0 Å². The van der Waals surface area contributed by atoms with Crippen LogP contribution in [0.2, 0.25) is 0 Å². The van der Waals surface area contributed by atoms with Crippen molar-refractivity contribution in [1.82, 2.24) is 0 Å². The van der Waals surface area contributed by atoms with E-state index in [4.69, 9.17) is 9.47 Å². The van der Waals surface area contributed by atoms with Crippen molar-refractivity contribution in [3.05, 3.63) is 29.8 Å². The molecular formula is C14H17NO3S. The zero-order valence-electron chi connectivity index (χ0n) is 11.0. The predicted octanol–water partition coefficient (Wildman–Crippen LogP) is 2.48. The second-order valence-corrected chi connectivity index (χ2v) is 5.11. The molecule has 19 heavy (non-hydrogen) atoms. The summed E-state index contributed by atoms with van der Waals surface area (Å²) in [5.74, 6) is 0.496. The molecule has 1 aromatic rings. The number of carbonyl (C=O) groups excluding carboxylic acids is 1. The van der Waals surface area contributed by atoms with Crippen LogP contribution in [0, 0.1) is 0 Å². The van der Waals surface area contributed by atoms with Crippen LogP contribution in [-0.2, 0) is 14.3 Å². The first-order valence-corrected chi connectivity index (χ1v) is 7.30. The summed E-state index contributed by atoms with van der Waals surface area (Å²) >= 11 is 1.70. The number of thioether (sulfide) groups is 1. The van der Waals surface area contributed by atoms with Crippen LogP contribution in [0.4, 0.5) is 0 Å². The van der Waals surface area contributed by atoms with Crippen LogP contribution in [0.15, 0.2) is 34.2 Å². The number of methoxy groups -OCH3 is 1. The van der Waals surface area contributed by atoms with Gasteiger partial charge in [-0.05, 0) is 24.0 Å². The third-order valence-electron chi connectivity index (χ3n) is 2.96. The third-order valence-corrected chi connectivity index (χ3v) is 3.71. The maximum absolute atomic E-state index is 10.6. The Bertz CT molecular complexity index is 458. The van der Waals surface area contributed by atoms with Gasteiger partial charge in [0.1, 0.15) is 18.4 Å². The highest BCUT2D eigenvalue weighted by Gasteiger charge is 2.31. The highest BCUT2D eigenvalue weighted by Crippen LogP contribution is 2.31. The molecule has 4 nitrogen and oxygen atoms in total. The normalized spacial score (nSPS) is 21.9. The van der Waals surface area contributed by atoms with Crippen molar-refractivity contribution < 1.29 is 14.3 Å². The predicted molar refractivity (Wildman–Crippen MR) is 75.8 cm³/mol. The summed E-state index contributed by atoms with van der Waals surface area (Å²) in [6.07, 6.45) is 2.91. The van der Waals surface area contributed by atoms with Gasteiger partial charge in [-0.3, -0.25) is 0 Å². The molecule has 5 heteroatoms. The molecule has 0 spiro atoms. The minimum Gasteiger partial charge on any atom is -0.470 e. The number of aldehydes is 1. The fraction of sp³-hybridized carbons (Fsp3) is 0.429. The van der Waals surface area contributed by atoms with Crippen molar-refractivity contribution in [2.24, 2.45) is 4.99 Å². The number of benzene rings is 1. The number of aliphatic imine (C=N–C) groups is 1. The van der Waals surface area contributed by atoms with E-state index in [1.165, 1.54) is 4.90 Å². The lowest BCUT2D eigenvalue weighted by molar-refractivity contribution is -0.107. The van der Waals surface area contributed by atoms with Crippen molar-refractivity contribution in [2.75, 3.05) is 20.0 Å². The number of ether oxygens (including phenoxy) is 2. The van der Waals surface area contributed by atoms with Gasteiger partial charge >= 0.3 is 0 Å². The molecule has 1 aliphatic rings. The highest BCUT2D eigenvalue weighted by atomic mass is 32.2. The molecular weight excluding hydrogens is 262 g/mol. The summed E-state index contributed by atoms with van der Waals surface area (Å²) in [7, 11) is 1.64. The van der Waals surface area contributed by atoms with E-state index in [-0.39, 0.29) is 18.6 Å². The van der Waals surface area contributed by atoms with Crippen LogP contribution in [0.3, 0.4) is 0 Å². The molecule has 0 radical (unpaired) electrons. The Balaban J connectivity index is 2.15. The molecule has 1 aliphatic heterocycles. The zero-order valence-corrected chi connectivity index (χ0v) is 11.9. The van der Waals surface area contributed by atoms with Gasteiger partial charge in [0.25, 0.3) is 0 Å². The van der Waals surface area contributed by atoms with E-state index in [9.17, 15) is 4.79 Å². The van der Waals surface area contributed by atoms with Crippen LogP contribution in [0.1, 0.15) is 18.1 Å². The summed E-state index contributed by atoms with van der Waals surface area (Å²) in [5, 5.41) is 0. The average molecular weight is 279 g/mol. The van der Waals surface area contributed by atoms with E-state index >= 15 is 0 Å². The third kappa shape index (κ3) is 3.36. The Morgan fingerprint density at radius 3 is 2.74 bits per heavy atom. The Labute approximate surface area is 117 Å². The Morgan fingerprint density at radius 1 is 1.42 bits per heavy atom. The molecule has 0 N–H and O–H groups in total.